The van der Waals surface area contributed by atoms with E-state index >= 15 is 0 Å². The molecule has 0 aromatic heterocycles. The molecule has 3 aromatic rings. The van der Waals surface area contributed by atoms with E-state index in [1.165, 1.54) is 23.4 Å². The van der Waals surface area contributed by atoms with Crippen LogP contribution in [0.15, 0.2) is 89.0 Å². The smallest absolute Gasteiger partial charge is 0.371 e. The molecule has 0 amide bonds. The first-order valence-electron chi connectivity index (χ1n) is 8.44. The van der Waals surface area contributed by atoms with E-state index in [1.807, 2.05) is 42.5 Å². The fraction of sp³-hybridized carbons (Fsp3) is 0.0476. The molecule has 0 aliphatic rings. The van der Waals surface area contributed by atoms with Gasteiger partial charge in [0, 0.05) is 5.56 Å². The molecule has 0 fully saturated rings. The maximum atomic E-state index is 12.8. The Kier molecular flexibility index (Phi) is 7.80. The van der Waals surface area contributed by atoms with Crippen molar-refractivity contribution in [2.75, 3.05) is 0 Å². The summed E-state index contributed by atoms with van der Waals surface area (Å²) in [5, 5.41) is 0. The molecule has 0 saturated carbocycles. The Morgan fingerprint density at radius 3 is 1.83 bits per heavy atom. The molecule has 3 nitrogen and oxygen atoms in total. The molecule has 156 valence electrons. The van der Waals surface area contributed by atoms with Crippen LogP contribution >= 0.6 is 0 Å². The average molecular weight is 658 g/mol. The quantitative estimate of drug-likeness (QED) is 0.141. The average Bonchev–Trinajstić information content (AvgIpc) is 2.73. The lowest BCUT2D eigenvalue weighted by molar-refractivity contribution is -0.598. The SMILES string of the molecule is O=S(=O)(O/C(=C/[I+]c1ccc([I+]c2ccccc2)cc1)c1ccccc1)C(F)(F)F. The van der Waals surface area contributed by atoms with Crippen molar-refractivity contribution in [3.05, 3.63) is 105 Å². The third-order valence-corrected chi connectivity index (χ3v) is 9.54. The van der Waals surface area contributed by atoms with E-state index in [-0.39, 0.29) is 32.5 Å². The number of benzene rings is 3. The fourth-order valence-corrected chi connectivity index (χ4v) is 6.94. The van der Waals surface area contributed by atoms with E-state index in [1.54, 1.807) is 18.2 Å². The Labute approximate surface area is 193 Å². The highest BCUT2D eigenvalue weighted by Crippen LogP contribution is 2.29. The fourth-order valence-electron chi connectivity index (χ4n) is 2.18. The van der Waals surface area contributed by atoms with Crippen LogP contribution in [-0.4, -0.2) is 13.9 Å². The van der Waals surface area contributed by atoms with Gasteiger partial charge in [-0.2, -0.15) is 21.6 Å². The van der Waals surface area contributed by atoms with Crippen LogP contribution in [0.3, 0.4) is 0 Å². The van der Waals surface area contributed by atoms with Gasteiger partial charge in [-0.15, -0.1) is 0 Å². The standard InChI is InChI=1S/C21H15F3I2O3S/c22-21(23,24)30(27,28)29-20(16-7-3-1-4-8-16)15-25-17-11-13-19(14-12-17)26-18-9-5-2-6-10-18/h1-15H/q+2/b20-15+. The predicted octanol–water partition coefficient (Wildman–Crippen LogP) is -1.06. The molecule has 30 heavy (non-hydrogen) atoms. The second-order valence-electron chi connectivity index (χ2n) is 5.76. The number of hydrogen-bond donors (Lipinski definition) is 0. The van der Waals surface area contributed by atoms with Crippen LogP contribution in [0.5, 0.6) is 0 Å². The zero-order chi connectivity index (χ0) is 21.6. The molecule has 0 N–H and O–H groups in total. The zero-order valence-corrected chi connectivity index (χ0v) is 20.3. The van der Waals surface area contributed by atoms with E-state index in [0.717, 1.165) is 3.57 Å². The molecule has 0 radical (unpaired) electrons. The molecule has 0 bridgehead atoms. The molecular formula is C21H15F3I2O3S+2. The summed E-state index contributed by atoms with van der Waals surface area (Å²) < 4.78 is 70.6. The Hall–Kier alpha value is -1.60. The first kappa shape index (κ1) is 23.1. The minimum Gasteiger partial charge on any atom is -0.371 e. The van der Waals surface area contributed by atoms with Crippen molar-refractivity contribution < 1.29 is 68.2 Å². The number of alkyl halides is 3. The minimum absolute atomic E-state index is 0.275. The van der Waals surface area contributed by atoms with Gasteiger partial charge in [0.1, 0.15) is 0 Å². The van der Waals surface area contributed by atoms with Gasteiger partial charge in [-0.1, -0.05) is 48.5 Å². The topological polar surface area (TPSA) is 43.4 Å². The van der Waals surface area contributed by atoms with Crippen molar-refractivity contribution in [1.82, 2.24) is 0 Å². The van der Waals surface area contributed by atoms with E-state index < -0.39 is 36.8 Å². The van der Waals surface area contributed by atoms with Crippen LogP contribution in [0, 0.1) is 10.7 Å². The summed E-state index contributed by atoms with van der Waals surface area (Å²) >= 11 is -1.22. The second kappa shape index (κ2) is 10.1. The summed E-state index contributed by atoms with van der Waals surface area (Å²) in [6, 6.07) is 25.9. The highest BCUT2D eigenvalue weighted by molar-refractivity contribution is 7.87. The van der Waals surface area contributed by atoms with Gasteiger partial charge < -0.3 is 4.18 Å². The summed E-state index contributed by atoms with van der Waals surface area (Å²) in [6.07, 6.45) is 0. The van der Waals surface area contributed by atoms with Crippen LogP contribution in [-0.2, 0) is 14.3 Å². The molecular weight excluding hydrogens is 643 g/mol. The van der Waals surface area contributed by atoms with Gasteiger partial charge in [-0.3, -0.25) is 0 Å². The lowest BCUT2D eigenvalue weighted by Gasteiger charge is -2.10. The lowest BCUT2D eigenvalue weighted by Crippen LogP contribution is -3.61. The van der Waals surface area contributed by atoms with E-state index in [4.69, 9.17) is 0 Å². The maximum absolute atomic E-state index is 12.8. The number of rotatable bonds is 7. The lowest BCUT2D eigenvalue weighted by atomic mass is 10.2. The summed E-state index contributed by atoms with van der Waals surface area (Å²) in [4.78, 5) is 0. The molecule has 3 rings (SSSR count). The van der Waals surface area contributed by atoms with Gasteiger partial charge in [-0.05, 0) is 36.4 Å². The van der Waals surface area contributed by atoms with Gasteiger partial charge in [0.2, 0.25) is 4.08 Å². The van der Waals surface area contributed by atoms with E-state index in [2.05, 4.69) is 16.3 Å². The molecule has 9 heteroatoms. The van der Waals surface area contributed by atoms with Crippen molar-refractivity contribution in [3.63, 3.8) is 0 Å². The minimum atomic E-state index is -5.74. The predicted molar refractivity (Wildman–Crippen MR) is 99.5 cm³/mol. The Bertz CT molecular complexity index is 1100. The summed E-state index contributed by atoms with van der Waals surface area (Å²) in [5.74, 6) is -0.304. The molecule has 3 aromatic carbocycles. The van der Waals surface area contributed by atoms with Crippen LogP contribution in [0.4, 0.5) is 13.2 Å². The van der Waals surface area contributed by atoms with Crippen LogP contribution in [0.2, 0.25) is 0 Å². The first-order valence-corrected chi connectivity index (χ1v) is 14.3. The zero-order valence-electron chi connectivity index (χ0n) is 15.2. The van der Waals surface area contributed by atoms with Crippen molar-refractivity contribution in [1.29, 1.82) is 0 Å². The largest absolute Gasteiger partial charge is 0.534 e. The number of halogens is 5. The van der Waals surface area contributed by atoms with Gasteiger partial charge in [0.15, 0.2) is 16.5 Å². The summed E-state index contributed by atoms with van der Waals surface area (Å²) in [7, 11) is -5.74. The van der Waals surface area contributed by atoms with Gasteiger partial charge in [0.25, 0.3) is 0 Å². The maximum Gasteiger partial charge on any atom is 0.534 e. The Morgan fingerprint density at radius 2 is 1.27 bits per heavy atom. The first-order chi connectivity index (χ1) is 14.2. The molecule has 0 aliphatic heterocycles. The van der Waals surface area contributed by atoms with E-state index in [0.29, 0.717) is 0 Å². The molecule has 0 saturated heterocycles. The van der Waals surface area contributed by atoms with Crippen molar-refractivity contribution in [3.8, 4) is 0 Å². The van der Waals surface area contributed by atoms with Gasteiger partial charge >= 0.3 is 58.0 Å². The van der Waals surface area contributed by atoms with Gasteiger partial charge in [0.05, 0.1) is 0 Å². The van der Waals surface area contributed by atoms with Crippen molar-refractivity contribution in [2.45, 2.75) is 5.51 Å². The van der Waals surface area contributed by atoms with Crippen LogP contribution in [0.25, 0.3) is 5.76 Å². The molecule has 0 heterocycles. The Morgan fingerprint density at radius 1 is 0.767 bits per heavy atom. The summed E-state index contributed by atoms with van der Waals surface area (Å²) in [5.41, 5.74) is -5.21. The third kappa shape index (κ3) is 6.45. The molecule has 0 unspecified atom stereocenters. The Balaban J connectivity index is 1.78. The monoisotopic (exact) mass is 658 g/mol. The van der Waals surface area contributed by atoms with Gasteiger partial charge in [-0.25, -0.2) is 0 Å². The van der Waals surface area contributed by atoms with E-state index in [9.17, 15) is 21.6 Å². The highest BCUT2D eigenvalue weighted by Gasteiger charge is 2.49. The second-order valence-corrected chi connectivity index (χ2v) is 12.8. The highest BCUT2D eigenvalue weighted by atomic mass is 127. The number of hydrogen-bond acceptors (Lipinski definition) is 3. The van der Waals surface area contributed by atoms with Crippen LogP contribution < -0.4 is 42.4 Å². The van der Waals surface area contributed by atoms with Crippen molar-refractivity contribution in [2.24, 2.45) is 0 Å². The molecule has 0 spiro atoms. The molecule has 0 aliphatic carbocycles. The van der Waals surface area contributed by atoms with Crippen LogP contribution in [0.1, 0.15) is 5.56 Å². The summed E-state index contributed by atoms with van der Waals surface area (Å²) in [6.45, 7) is 0. The molecule has 0 atom stereocenters. The third-order valence-electron chi connectivity index (χ3n) is 3.58. The van der Waals surface area contributed by atoms with Crippen molar-refractivity contribution >= 4 is 15.9 Å². The normalized spacial score (nSPS) is 12.6.